The second kappa shape index (κ2) is 5.30. The molecule has 1 aromatic carbocycles. The molecule has 0 N–H and O–H groups in total. The number of hydrogen-bond donors (Lipinski definition) is 0. The first kappa shape index (κ1) is 14.0. The van der Waals surface area contributed by atoms with Crippen molar-refractivity contribution in [2.75, 3.05) is 0 Å². The van der Waals surface area contributed by atoms with Crippen molar-refractivity contribution < 1.29 is 0 Å². The van der Waals surface area contributed by atoms with Crippen molar-refractivity contribution in [2.45, 2.75) is 41.0 Å². The molecule has 0 aliphatic rings. The molecule has 1 aromatic heterocycles. The molecule has 100 valence electrons. The first-order chi connectivity index (χ1) is 8.93. The van der Waals surface area contributed by atoms with Gasteiger partial charge in [-0.15, -0.1) is 0 Å². The lowest BCUT2D eigenvalue weighted by Crippen LogP contribution is -2.02. The Morgan fingerprint density at radius 2 is 1.58 bits per heavy atom. The van der Waals surface area contributed by atoms with Crippen molar-refractivity contribution in [1.82, 2.24) is 9.97 Å². The molecule has 0 aliphatic heterocycles. The maximum absolute atomic E-state index is 6.23. The summed E-state index contributed by atoms with van der Waals surface area (Å²) in [4.78, 5) is 9.13. The van der Waals surface area contributed by atoms with Gasteiger partial charge in [0.15, 0.2) is 5.82 Å². The topological polar surface area (TPSA) is 25.8 Å². The van der Waals surface area contributed by atoms with Gasteiger partial charge in [0.2, 0.25) is 0 Å². The molecule has 0 aliphatic carbocycles. The highest BCUT2D eigenvalue weighted by molar-refractivity contribution is 6.30. The van der Waals surface area contributed by atoms with Crippen molar-refractivity contribution in [3.05, 3.63) is 45.2 Å². The van der Waals surface area contributed by atoms with E-state index in [1.54, 1.807) is 0 Å². The van der Waals surface area contributed by atoms with Crippen LogP contribution in [0.2, 0.25) is 5.15 Å². The highest BCUT2D eigenvalue weighted by Crippen LogP contribution is 2.28. The fraction of sp³-hybridized carbons (Fsp3) is 0.375. The third-order valence-electron chi connectivity index (χ3n) is 3.42. The molecule has 0 bridgehead atoms. The molecule has 0 radical (unpaired) electrons. The lowest BCUT2D eigenvalue weighted by Gasteiger charge is -2.13. The van der Waals surface area contributed by atoms with Gasteiger partial charge in [-0.2, -0.15) is 0 Å². The number of benzene rings is 1. The van der Waals surface area contributed by atoms with Gasteiger partial charge in [-0.25, -0.2) is 9.97 Å². The molecule has 2 nitrogen and oxygen atoms in total. The Kier molecular flexibility index (Phi) is 3.91. The quantitative estimate of drug-likeness (QED) is 0.749. The Labute approximate surface area is 119 Å². The zero-order valence-electron chi connectivity index (χ0n) is 12.1. The molecule has 0 unspecified atom stereocenters. The molecular weight excluding hydrogens is 256 g/mol. The van der Waals surface area contributed by atoms with Crippen LogP contribution in [0.25, 0.3) is 11.4 Å². The Bertz CT molecular complexity index is 610. The largest absolute Gasteiger partial charge is 0.233 e. The van der Waals surface area contributed by atoms with Crippen LogP contribution in [0, 0.1) is 27.7 Å². The van der Waals surface area contributed by atoms with Crippen LogP contribution in [0.5, 0.6) is 0 Å². The van der Waals surface area contributed by atoms with E-state index >= 15 is 0 Å². The zero-order chi connectivity index (χ0) is 14.2. The van der Waals surface area contributed by atoms with Gasteiger partial charge < -0.3 is 0 Å². The van der Waals surface area contributed by atoms with E-state index in [1.807, 2.05) is 6.92 Å². The van der Waals surface area contributed by atoms with E-state index < -0.39 is 0 Å². The summed E-state index contributed by atoms with van der Waals surface area (Å²) in [6, 6.07) is 4.32. The zero-order valence-corrected chi connectivity index (χ0v) is 12.9. The van der Waals surface area contributed by atoms with E-state index in [0.29, 0.717) is 5.15 Å². The summed E-state index contributed by atoms with van der Waals surface area (Å²) in [6.45, 7) is 10.4. The van der Waals surface area contributed by atoms with Gasteiger partial charge >= 0.3 is 0 Å². The minimum absolute atomic E-state index is 0.557. The number of aryl methyl sites for hydroxylation is 4. The normalized spacial score (nSPS) is 10.8. The summed E-state index contributed by atoms with van der Waals surface area (Å²) in [5.74, 6) is 0.738. The maximum Gasteiger partial charge on any atom is 0.161 e. The smallest absolute Gasteiger partial charge is 0.161 e. The highest BCUT2D eigenvalue weighted by atomic mass is 35.5. The van der Waals surface area contributed by atoms with Crippen LogP contribution in [-0.2, 0) is 6.42 Å². The summed E-state index contributed by atoms with van der Waals surface area (Å²) < 4.78 is 0. The van der Waals surface area contributed by atoms with Crippen LogP contribution < -0.4 is 0 Å². The molecule has 0 fully saturated rings. The van der Waals surface area contributed by atoms with Crippen LogP contribution in [0.1, 0.15) is 34.9 Å². The SMILES string of the molecule is CCc1nc(-c2c(C)cc(C)cc2C)nc(Cl)c1C. The van der Waals surface area contributed by atoms with Gasteiger partial charge in [-0.1, -0.05) is 36.2 Å². The number of halogens is 1. The molecule has 0 spiro atoms. The van der Waals surface area contributed by atoms with Crippen molar-refractivity contribution in [3.8, 4) is 11.4 Å². The molecule has 0 saturated heterocycles. The minimum Gasteiger partial charge on any atom is -0.233 e. The molecule has 2 rings (SSSR count). The van der Waals surface area contributed by atoms with E-state index in [2.05, 4.69) is 49.8 Å². The third kappa shape index (κ3) is 2.64. The predicted octanol–water partition coefficient (Wildman–Crippen LogP) is 4.59. The van der Waals surface area contributed by atoms with Gasteiger partial charge in [0, 0.05) is 16.8 Å². The molecule has 1 heterocycles. The van der Waals surface area contributed by atoms with E-state index in [9.17, 15) is 0 Å². The summed E-state index contributed by atoms with van der Waals surface area (Å²) >= 11 is 6.23. The van der Waals surface area contributed by atoms with Gasteiger partial charge in [0.25, 0.3) is 0 Å². The van der Waals surface area contributed by atoms with E-state index in [1.165, 1.54) is 16.7 Å². The Morgan fingerprint density at radius 3 is 2.11 bits per heavy atom. The average Bonchev–Trinajstić information content (AvgIpc) is 2.32. The van der Waals surface area contributed by atoms with Gasteiger partial charge in [0.05, 0.1) is 0 Å². The average molecular weight is 275 g/mol. The first-order valence-corrected chi connectivity index (χ1v) is 6.93. The molecule has 2 aromatic rings. The molecular formula is C16H19ClN2. The molecule has 19 heavy (non-hydrogen) atoms. The number of nitrogens with zero attached hydrogens (tertiary/aromatic N) is 2. The van der Waals surface area contributed by atoms with Crippen molar-refractivity contribution in [2.24, 2.45) is 0 Å². The first-order valence-electron chi connectivity index (χ1n) is 6.55. The fourth-order valence-corrected chi connectivity index (χ4v) is 2.71. The monoisotopic (exact) mass is 274 g/mol. The number of hydrogen-bond acceptors (Lipinski definition) is 2. The second-order valence-corrected chi connectivity index (χ2v) is 5.40. The standard InChI is InChI=1S/C16H19ClN2/c1-6-13-12(5)15(17)19-16(18-13)14-10(3)7-9(2)8-11(14)4/h7-8H,6H2,1-5H3. The lowest BCUT2D eigenvalue weighted by atomic mass is 9.99. The predicted molar refractivity (Wildman–Crippen MR) is 80.8 cm³/mol. The molecule has 0 amide bonds. The van der Waals surface area contributed by atoms with E-state index in [-0.39, 0.29) is 0 Å². The van der Waals surface area contributed by atoms with Crippen LogP contribution >= 0.6 is 11.6 Å². The Hall–Kier alpha value is -1.41. The highest BCUT2D eigenvalue weighted by Gasteiger charge is 2.13. The maximum atomic E-state index is 6.23. The van der Waals surface area contributed by atoms with Crippen molar-refractivity contribution in [1.29, 1.82) is 0 Å². The lowest BCUT2D eigenvalue weighted by molar-refractivity contribution is 0.974. The van der Waals surface area contributed by atoms with Gasteiger partial charge in [0.1, 0.15) is 5.15 Å². The summed E-state index contributed by atoms with van der Waals surface area (Å²) in [5.41, 5.74) is 6.75. The van der Waals surface area contributed by atoms with Crippen LogP contribution in [0.15, 0.2) is 12.1 Å². The van der Waals surface area contributed by atoms with Crippen LogP contribution in [0.4, 0.5) is 0 Å². The fourth-order valence-electron chi connectivity index (χ4n) is 2.52. The van der Waals surface area contributed by atoms with Crippen LogP contribution in [-0.4, -0.2) is 9.97 Å². The second-order valence-electron chi connectivity index (χ2n) is 5.04. The molecule has 0 saturated carbocycles. The number of rotatable bonds is 2. The Morgan fingerprint density at radius 1 is 1.00 bits per heavy atom. The summed E-state index contributed by atoms with van der Waals surface area (Å²) in [6.07, 6.45) is 0.866. The van der Waals surface area contributed by atoms with Crippen molar-refractivity contribution >= 4 is 11.6 Å². The molecule has 0 atom stereocenters. The number of aromatic nitrogens is 2. The summed E-state index contributed by atoms with van der Waals surface area (Å²) in [5, 5.41) is 0.557. The minimum atomic E-state index is 0.557. The summed E-state index contributed by atoms with van der Waals surface area (Å²) in [7, 11) is 0. The van der Waals surface area contributed by atoms with E-state index in [4.69, 9.17) is 11.6 Å². The van der Waals surface area contributed by atoms with Crippen LogP contribution in [0.3, 0.4) is 0 Å². The van der Waals surface area contributed by atoms with Crippen molar-refractivity contribution in [3.63, 3.8) is 0 Å². The van der Waals surface area contributed by atoms with Gasteiger partial charge in [-0.3, -0.25) is 0 Å². The molecule has 3 heteroatoms. The Balaban J connectivity index is 2.69. The third-order valence-corrected chi connectivity index (χ3v) is 3.79. The van der Waals surface area contributed by atoms with Gasteiger partial charge in [-0.05, 0) is 45.2 Å². The van der Waals surface area contributed by atoms with E-state index in [0.717, 1.165) is 29.1 Å².